The third-order valence-electron chi connectivity index (χ3n) is 2.68. The molecule has 94 valence electrons. The molecule has 0 unspecified atom stereocenters. The van der Waals surface area contributed by atoms with Crippen molar-refractivity contribution in [3.8, 4) is 0 Å². The lowest BCUT2D eigenvalue weighted by molar-refractivity contribution is 0.0229. The third kappa shape index (κ3) is 3.75. The van der Waals surface area contributed by atoms with E-state index in [1.807, 2.05) is 26.8 Å². The monoisotopic (exact) mass is 236 g/mol. The van der Waals surface area contributed by atoms with Crippen LogP contribution < -0.4 is 11.1 Å². The summed E-state index contributed by atoms with van der Waals surface area (Å²) >= 11 is 0. The zero-order chi connectivity index (χ0) is 13.1. The van der Waals surface area contributed by atoms with Crippen LogP contribution in [0.15, 0.2) is 18.2 Å². The van der Waals surface area contributed by atoms with Gasteiger partial charge in [0.25, 0.3) is 5.91 Å². The lowest BCUT2D eigenvalue weighted by atomic mass is 10.1. The Labute approximate surface area is 102 Å². The van der Waals surface area contributed by atoms with Gasteiger partial charge in [-0.15, -0.1) is 0 Å². The van der Waals surface area contributed by atoms with Gasteiger partial charge in [-0.3, -0.25) is 4.79 Å². The molecule has 0 aliphatic rings. The summed E-state index contributed by atoms with van der Waals surface area (Å²) in [5.74, 6) is -0.173. The Bertz CT molecular complexity index is 414. The van der Waals surface area contributed by atoms with Crippen LogP contribution in [0, 0.1) is 6.92 Å². The molecule has 0 spiro atoms. The molecular formula is C13H20N2O2. The van der Waals surface area contributed by atoms with Gasteiger partial charge in [0.1, 0.15) is 0 Å². The molecule has 3 N–H and O–H groups in total. The summed E-state index contributed by atoms with van der Waals surface area (Å²) in [6.45, 7) is 6.19. The van der Waals surface area contributed by atoms with Gasteiger partial charge in [0.2, 0.25) is 0 Å². The Morgan fingerprint density at radius 1 is 1.47 bits per heavy atom. The van der Waals surface area contributed by atoms with Gasteiger partial charge in [0, 0.05) is 19.3 Å². The molecule has 1 amide bonds. The molecule has 1 rings (SSSR count). The second-order valence-corrected chi connectivity index (χ2v) is 4.74. The number of methoxy groups -OCH3 is 1. The molecule has 0 aliphatic heterocycles. The number of rotatable bonds is 4. The summed E-state index contributed by atoms with van der Waals surface area (Å²) in [4.78, 5) is 11.9. The quantitative estimate of drug-likeness (QED) is 0.782. The molecule has 0 radical (unpaired) electrons. The third-order valence-corrected chi connectivity index (χ3v) is 2.68. The first-order valence-electron chi connectivity index (χ1n) is 5.55. The van der Waals surface area contributed by atoms with Gasteiger partial charge in [0.15, 0.2) is 0 Å². The molecule has 17 heavy (non-hydrogen) atoms. The van der Waals surface area contributed by atoms with Crippen molar-refractivity contribution in [2.75, 3.05) is 19.4 Å². The van der Waals surface area contributed by atoms with E-state index in [1.165, 1.54) is 0 Å². The zero-order valence-corrected chi connectivity index (χ0v) is 10.8. The van der Waals surface area contributed by atoms with Crippen LogP contribution >= 0.6 is 0 Å². The summed E-state index contributed by atoms with van der Waals surface area (Å²) in [6, 6.07) is 5.39. The predicted octanol–water partition coefficient (Wildman–Crippen LogP) is 1.73. The number of benzene rings is 1. The highest BCUT2D eigenvalue weighted by Crippen LogP contribution is 2.14. The Morgan fingerprint density at radius 2 is 2.12 bits per heavy atom. The molecule has 1 aromatic carbocycles. The predicted molar refractivity (Wildman–Crippen MR) is 69.0 cm³/mol. The van der Waals surface area contributed by atoms with Crippen LogP contribution in [0.2, 0.25) is 0 Å². The summed E-state index contributed by atoms with van der Waals surface area (Å²) in [5.41, 5.74) is 7.46. The SMILES string of the molecule is COC(C)(C)CNC(=O)c1ccc(C)cc1N. The smallest absolute Gasteiger partial charge is 0.253 e. The van der Waals surface area contributed by atoms with Crippen molar-refractivity contribution in [2.45, 2.75) is 26.4 Å². The fourth-order valence-electron chi connectivity index (χ4n) is 1.35. The fraction of sp³-hybridized carbons (Fsp3) is 0.462. The molecule has 0 atom stereocenters. The van der Waals surface area contributed by atoms with Crippen molar-refractivity contribution >= 4 is 11.6 Å². The van der Waals surface area contributed by atoms with Crippen LogP contribution in [0.25, 0.3) is 0 Å². The lowest BCUT2D eigenvalue weighted by Crippen LogP contribution is -2.39. The summed E-state index contributed by atoms with van der Waals surface area (Å²) in [5, 5.41) is 2.81. The van der Waals surface area contributed by atoms with Crippen LogP contribution in [0.4, 0.5) is 5.69 Å². The molecule has 0 aromatic heterocycles. The van der Waals surface area contributed by atoms with Crippen LogP contribution in [0.1, 0.15) is 29.8 Å². The van der Waals surface area contributed by atoms with Gasteiger partial charge in [0.05, 0.1) is 11.2 Å². The number of nitrogens with one attached hydrogen (secondary N) is 1. The maximum absolute atomic E-state index is 11.9. The second kappa shape index (κ2) is 5.19. The minimum atomic E-state index is -0.380. The van der Waals surface area contributed by atoms with Crippen molar-refractivity contribution in [2.24, 2.45) is 0 Å². The van der Waals surface area contributed by atoms with Crippen LogP contribution in [-0.4, -0.2) is 25.2 Å². The topological polar surface area (TPSA) is 64.3 Å². The van der Waals surface area contributed by atoms with Gasteiger partial charge in [-0.05, 0) is 38.5 Å². The van der Waals surface area contributed by atoms with Gasteiger partial charge in [-0.2, -0.15) is 0 Å². The Kier molecular flexibility index (Phi) is 4.12. The highest BCUT2D eigenvalue weighted by Gasteiger charge is 2.18. The number of carbonyl (C=O) groups is 1. The number of nitrogen functional groups attached to an aromatic ring is 1. The van der Waals surface area contributed by atoms with E-state index in [2.05, 4.69) is 5.32 Å². The molecule has 0 aliphatic carbocycles. The first-order chi connectivity index (χ1) is 7.85. The highest BCUT2D eigenvalue weighted by atomic mass is 16.5. The van der Waals surface area contributed by atoms with Crippen molar-refractivity contribution in [3.05, 3.63) is 29.3 Å². The van der Waals surface area contributed by atoms with E-state index in [4.69, 9.17) is 10.5 Å². The van der Waals surface area contributed by atoms with Gasteiger partial charge < -0.3 is 15.8 Å². The summed E-state index contributed by atoms with van der Waals surface area (Å²) < 4.78 is 5.23. The summed E-state index contributed by atoms with van der Waals surface area (Å²) in [7, 11) is 1.62. The first-order valence-corrected chi connectivity index (χ1v) is 5.55. The maximum Gasteiger partial charge on any atom is 0.253 e. The molecule has 4 nitrogen and oxygen atoms in total. The minimum Gasteiger partial charge on any atom is -0.398 e. The van der Waals surface area contributed by atoms with E-state index in [9.17, 15) is 4.79 Å². The van der Waals surface area contributed by atoms with Crippen LogP contribution in [0.5, 0.6) is 0 Å². The fourth-order valence-corrected chi connectivity index (χ4v) is 1.35. The number of anilines is 1. The van der Waals surface area contributed by atoms with Crippen molar-refractivity contribution < 1.29 is 9.53 Å². The minimum absolute atomic E-state index is 0.173. The highest BCUT2D eigenvalue weighted by molar-refractivity contribution is 5.99. The Hall–Kier alpha value is -1.55. The Morgan fingerprint density at radius 3 is 2.65 bits per heavy atom. The number of aryl methyl sites for hydroxylation is 1. The van der Waals surface area contributed by atoms with Gasteiger partial charge in [-0.1, -0.05) is 6.07 Å². The second-order valence-electron chi connectivity index (χ2n) is 4.74. The number of nitrogens with two attached hydrogens (primary N) is 1. The molecular weight excluding hydrogens is 216 g/mol. The van der Waals surface area contributed by atoms with Crippen LogP contribution in [-0.2, 0) is 4.74 Å². The Balaban J connectivity index is 2.71. The first kappa shape index (κ1) is 13.5. The molecule has 0 bridgehead atoms. The molecule has 0 saturated carbocycles. The average molecular weight is 236 g/mol. The van der Waals surface area contributed by atoms with E-state index < -0.39 is 0 Å². The molecule has 0 fully saturated rings. The lowest BCUT2D eigenvalue weighted by Gasteiger charge is -2.23. The van der Waals surface area contributed by atoms with E-state index in [1.54, 1.807) is 19.2 Å². The molecule has 0 heterocycles. The standard InChI is InChI=1S/C13H20N2O2/c1-9-5-6-10(11(14)7-9)12(16)15-8-13(2,3)17-4/h5-7H,8,14H2,1-4H3,(H,15,16). The number of ether oxygens (including phenoxy) is 1. The number of carbonyl (C=O) groups excluding carboxylic acids is 1. The van der Waals surface area contributed by atoms with E-state index in [0.29, 0.717) is 17.8 Å². The maximum atomic E-state index is 11.9. The average Bonchev–Trinajstić information content (AvgIpc) is 2.26. The van der Waals surface area contributed by atoms with Gasteiger partial charge in [-0.25, -0.2) is 0 Å². The summed E-state index contributed by atoms with van der Waals surface area (Å²) in [6.07, 6.45) is 0. The van der Waals surface area contributed by atoms with E-state index in [-0.39, 0.29) is 11.5 Å². The van der Waals surface area contributed by atoms with E-state index >= 15 is 0 Å². The van der Waals surface area contributed by atoms with Crippen molar-refractivity contribution in [1.29, 1.82) is 0 Å². The van der Waals surface area contributed by atoms with Crippen LogP contribution in [0.3, 0.4) is 0 Å². The number of amides is 1. The van der Waals surface area contributed by atoms with Crippen molar-refractivity contribution in [3.63, 3.8) is 0 Å². The normalized spacial score (nSPS) is 11.3. The largest absolute Gasteiger partial charge is 0.398 e. The molecule has 0 saturated heterocycles. The zero-order valence-electron chi connectivity index (χ0n) is 10.8. The number of hydrogen-bond donors (Lipinski definition) is 2. The van der Waals surface area contributed by atoms with Crippen molar-refractivity contribution in [1.82, 2.24) is 5.32 Å². The molecule has 1 aromatic rings. The van der Waals surface area contributed by atoms with Gasteiger partial charge >= 0.3 is 0 Å². The van der Waals surface area contributed by atoms with E-state index in [0.717, 1.165) is 5.56 Å². The number of hydrogen-bond acceptors (Lipinski definition) is 3. The molecule has 4 heteroatoms.